The Bertz CT molecular complexity index is 671. The second-order valence-corrected chi connectivity index (χ2v) is 4.95. The number of rotatable bonds is 4. The van der Waals surface area contributed by atoms with Crippen molar-refractivity contribution in [3.63, 3.8) is 0 Å². The van der Waals surface area contributed by atoms with E-state index in [1.807, 2.05) is 0 Å². The third kappa shape index (κ3) is 2.72. The number of carbonyl (C=O) groups is 1. The Morgan fingerprint density at radius 3 is 2.75 bits per heavy atom. The Hall–Kier alpha value is -2.14. The quantitative estimate of drug-likeness (QED) is 0.856. The summed E-state index contributed by atoms with van der Waals surface area (Å²) in [6.45, 7) is 0. The summed E-state index contributed by atoms with van der Waals surface area (Å²) in [4.78, 5) is 18.4. The first-order chi connectivity index (χ1) is 9.63. The van der Waals surface area contributed by atoms with Crippen LogP contribution in [0.5, 0.6) is 5.75 Å². The van der Waals surface area contributed by atoms with E-state index in [0.29, 0.717) is 22.0 Å². The maximum absolute atomic E-state index is 10.8. The second-order valence-electron chi connectivity index (χ2n) is 4.54. The molecule has 5 nitrogen and oxygen atoms in total. The monoisotopic (exact) mass is 289 g/mol. The highest BCUT2D eigenvalue weighted by atomic mass is 35.5. The third-order valence-electron chi connectivity index (χ3n) is 2.92. The van der Waals surface area contributed by atoms with E-state index in [1.54, 1.807) is 18.2 Å². The number of aromatic nitrogens is 2. The summed E-state index contributed by atoms with van der Waals surface area (Å²) < 4.78 is 5.64. The summed E-state index contributed by atoms with van der Waals surface area (Å²) in [5.41, 5.74) is 1.01. The average molecular weight is 290 g/mol. The molecule has 1 aliphatic carbocycles. The van der Waals surface area contributed by atoms with Crippen LogP contribution >= 0.6 is 11.6 Å². The van der Waals surface area contributed by atoms with Gasteiger partial charge in [0.15, 0.2) is 0 Å². The maximum atomic E-state index is 10.8. The zero-order valence-corrected chi connectivity index (χ0v) is 11.1. The van der Waals surface area contributed by atoms with Gasteiger partial charge in [0.25, 0.3) is 0 Å². The highest BCUT2D eigenvalue weighted by molar-refractivity contribution is 6.32. The van der Waals surface area contributed by atoms with Crippen LogP contribution in [0.4, 0.5) is 0 Å². The fourth-order valence-electron chi connectivity index (χ4n) is 1.75. The van der Waals surface area contributed by atoms with Gasteiger partial charge in [-0.3, -0.25) is 0 Å². The first kappa shape index (κ1) is 12.9. The lowest BCUT2D eigenvalue weighted by Gasteiger charge is -2.09. The number of carboxylic acid groups (broad SMARTS) is 1. The SMILES string of the molecule is O=C([O-])c1cc(-c2ccc(OC3CC3)c(Cl)c2)ncn1. The molecule has 1 heterocycles. The second kappa shape index (κ2) is 5.09. The highest BCUT2D eigenvalue weighted by Gasteiger charge is 2.24. The van der Waals surface area contributed by atoms with Gasteiger partial charge in [-0.25, -0.2) is 9.97 Å². The van der Waals surface area contributed by atoms with Crippen molar-refractivity contribution in [2.45, 2.75) is 18.9 Å². The van der Waals surface area contributed by atoms with Gasteiger partial charge in [-0.15, -0.1) is 0 Å². The van der Waals surface area contributed by atoms with Gasteiger partial charge >= 0.3 is 0 Å². The molecule has 1 aromatic heterocycles. The summed E-state index contributed by atoms with van der Waals surface area (Å²) in [6, 6.07) is 6.59. The first-order valence-electron chi connectivity index (χ1n) is 6.13. The molecule has 20 heavy (non-hydrogen) atoms. The van der Waals surface area contributed by atoms with Crippen molar-refractivity contribution < 1.29 is 14.6 Å². The van der Waals surface area contributed by atoms with Crippen molar-refractivity contribution in [1.82, 2.24) is 9.97 Å². The van der Waals surface area contributed by atoms with E-state index in [0.717, 1.165) is 12.8 Å². The lowest BCUT2D eigenvalue weighted by atomic mass is 10.1. The van der Waals surface area contributed by atoms with Crippen LogP contribution in [0.2, 0.25) is 5.02 Å². The van der Waals surface area contributed by atoms with E-state index in [2.05, 4.69) is 9.97 Å². The summed E-state index contributed by atoms with van der Waals surface area (Å²) in [5, 5.41) is 11.3. The molecule has 102 valence electrons. The van der Waals surface area contributed by atoms with Crippen molar-refractivity contribution in [1.29, 1.82) is 0 Å². The van der Waals surface area contributed by atoms with Gasteiger partial charge in [-0.2, -0.15) is 0 Å². The van der Waals surface area contributed by atoms with Gasteiger partial charge in [0.2, 0.25) is 0 Å². The van der Waals surface area contributed by atoms with E-state index in [1.165, 1.54) is 12.4 Å². The molecule has 0 N–H and O–H groups in total. The normalized spacial score (nSPS) is 14.1. The molecule has 0 bridgehead atoms. The van der Waals surface area contributed by atoms with E-state index < -0.39 is 5.97 Å². The molecule has 0 atom stereocenters. The molecular formula is C14H10ClN2O3-. The smallest absolute Gasteiger partial charge is 0.138 e. The summed E-state index contributed by atoms with van der Waals surface area (Å²) >= 11 is 6.16. The minimum atomic E-state index is -1.34. The van der Waals surface area contributed by atoms with Crippen LogP contribution in [0.25, 0.3) is 11.3 Å². The van der Waals surface area contributed by atoms with Gasteiger partial charge in [0, 0.05) is 5.56 Å². The fraction of sp³-hybridized carbons (Fsp3) is 0.214. The van der Waals surface area contributed by atoms with Gasteiger partial charge in [-0.05, 0) is 37.1 Å². The molecule has 0 unspecified atom stereocenters. The maximum Gasteiger partial charge on any atom is 0.138 e. The largest absolute Gasteiger partial charge is 0.543 e. The van der Waals surface area contributed by atoms with Crippen molar-refractivity contribution in [3.8, 4) is 17.0 Å². The number of halogens is 1. The predicted octanol–water partition coefficient (Wildman–Crippen LogP) is 1.70. The Morgan fingerprint density at radius 1 is 1.30 bits per heavy atom. The number of nitrogens with zero attached hydrogens (tertiary/aromatic N) is 2. The van der Waals surface area contributed by atoms with Gasteiger partial charge < -0.3 is 14.6 Å². The Labute approximate surface area is 120 Å². The molecule has 0 saturated heterocycles. The lowest BCUT2D eigenvalue weighted by Crippen LogP contribution is -2.23. The predicted molar refractivity (Wildman–Crippen MR) is 70.5 cm³/mol. The number of ether oxygens (including phenoxy) is 1. The van der Waals surface area contributed by atoms with Crippen LogP contribution in [0.1, 0.15) is 23.3 Å². The number of hydrogen-bond acceptors (Lipinski definition) is 5. The summed E-state index contributed by atoms with van der Waals surface area (Å²) in [5.74, 6) is -0.708. The van der Waals surface area contributed by atoms with Crippen molar-refractivity contribution in [2.75, 3.05) is 0 Å². The lowest BCUT2D eigenvalue weighted by molar-refractivity contribution is -0.255. The van der Waals surface area contributed by atoms with Gasteiger partial charge in [0.1, 0.15) is 12.1 Å². The molecular weight excluding hydrogens is 280 g/mol. The van der Waals surface area contributed by atoms with Crippen LogP contribution in [-0.4, -0.2) is 22.0 Å². The zero-order chi connectivity index (χ0) is 14.1. The van der Waals surface area contributed by atoms with Crippen LogP contribution in [0.3, 0.4) is 0 Å². The van der Waals surface area contributed by atoms with Gasteiger partial charge in [0.05, 0.1) is 28.5 Å². The minimum Gasteiger partial charge on any atom is -0.543 e. The Balaban J connectivity index is 1.91. The number of hydrogen-bond donors (Lipinski definition) is 0. The topological polar surface area (TPSA) is 75.1 Å². The first-order valence-corrected chi connectivity index (χ1v) is 6.51. The fourth-order valence-corrected chi connectivity index (χ4v) is 1.97. The molecule has 0 spiro atoms. The van der Waals surface area contributed by atoms with Crippen LogP contribution in [0, 0.1) is 0 Å². The van der Waals surface area contributed by atoms with E-state index in [-0.39, 0.29) is 11.8 Å². The van der Waals surface area contributed by atoms with Crippen LogP contribution in [-0.2, 0) is 0 Å². The van der Waals surface area contributed by atoms with Crippen molar-refractivity contribution in [3.05, 3.63) is 41.3 Å². The molecule has 2 aromatic rings. The molecule has 3 rings (SSSR count). The van der Waals surface area contributed by atoms with Crippen molar-refractivity contribution >= 4 is 17.6 Å². The standard InChI is InChI=1S/C14H11ClN2O3/c15-10-5-8(1-4-13(10)20-9-2-3-9)11-6-12(14(18)19)17-7-16-11/h1,4-7,9H,2-3H2,(H,18,19)/p-1. The van der Waals surface area contributed by atoms with Crippen molar-refractivity contribution in [2.24, 2.45) is 0 Å². The molecule has 0 amide bonds. The Morgan fingerprint density at radius 2 is 2.10 bits per heavy atom. The molecule has 6 heteroatoms. The van der Waals surface area contributed by atoms with Crippen LogP contribution in [0.15, 0.2) is 30.6 Å². The number of aromatic carboxylic acids is 1. The highest BCUT2D eigenvalue weighted by Crippen LogP contribution is 2.34. The molecule has 1 saturated carbocycles. The molecule has 1 fully saturated rings. The Kier molecular flexibility index (Phi) is 3.28. The van der Waals surface area contributed by atoms with E-state index >= 15 is 0 Å². The van der Waals surface area contributed by atoms with E-state index in [9.17, 15) is 9.90 Å². The molecule has 1 aliphatic rings. The zero-order valence-electron chi connectivity index (χ0n) is 10.4. The van der Waals surface area contributed by atoms with Crippen LogP contribution < -0.4 is 9.84 Å². The summed E-state index contributed by atoms with van der Waals surface area (Å²) in [7, 11) is 0. The number of benzene rings is 1. The molecule has 1 aromatic carbocycles. The van der Waals surface area contributed by atoms with Gasteiger partial charge in [-0.1, -0.05) is 11.6 Å². The number of carbonyl (C=O) groups excluding carboxylic acids is 1. The number of carboxylic acids is 1. The minimum absolute atomic E-state index is 0.163. The van der Waals surface area contributed by atoms with E-state index in [4.69, 9.17) is 16.3 Å². The average Bonchev–Trinajstić information content (AvgIpc) is 3.25. The summed E-state index contributed by atoms with van der Waals surface area (Å²) in [6.07, 6.45) is 3.56. The third-order valence-corrected chi connectivity index (χ3v) is 3.22. The molecule has 0 aliphatic heterocycles. The molecule has 0 radical (unpaired) electrons.